The van der Waals surface area contributed by atoms with Crippen molar-refractivity contribution in [3.63, 3.8) is 0 Å². The van der Waals surface area contributed by atoms with Gasteiger partial charge in [0.25, 0.3) is 6.01 Å². The molecule has 3 aromatic heterocycles. The Balaban J connectivity index is 0.804. The van der Waals surface area contributed by atoms with E-state index < -0.39 is 0 Å². The van der Waals surface area contributed by atoms with Gasteiger partial charge in [-0.3, -0.25) is 9.59 Å². The molecule has 0 bridgehead atoms. The summed E-state index contributed by atoms with van der Waals surface area (Å²) in [5.41, 5.74) is 18.8. The van der Waals surface area contributed by atoms with E-state index in [4.69, 9.17) is 25.7 Å². The zero-order valence-corrected chi connectivity index (χ0v) is 29.9. The Labute approximate surface area is 307 Å². The fourth-order valence-corrected chi connectivity index (χ4v) is 8.03. The van der Waals surface area contributed by atoms with E-state index in [-0.39, 0.29) is 23.7 Å². The van der Waals surface area contributed by atoms with Gasteiger partial charge in [-0.1, -0.05) is 18.2 Å². The zero-order valence-electron chi connectivity index (χ0n) is 29.9. The van der Waals surface area contributed by atoms with Crippen LogP contribution in [0.3, 0.4) is 0 Å². The Morgan fingerprint density at radius 2 is 1.83 bits per heavy atom. The van der Waals surface area contributed by atoms with Crippen molar-refractivity contribution in [1.82, 2.24) is 45.2 Å². The predicted octanol–water partition coefficient (Wildman–Crippen LogP) is 2.72. The summed E-state index contributed by atoms with van der Waals surface area (Å²) in [7, 11) is 0. The number of amides is 2. The first-order chi connectivity index (χ1) is 25.9. The number of piperidine rings is 2. The molecule has 2 aromatic carbocycles. The number of nitrogen functional groups attached to an aromatic ring is 2. The van der Waals surface area contributed by atoms with Crippen molar-refractivity contribution < 1.29 is 18.7 Å². The van der Waals surface area contributed by atoms with Crippen molar-refractivity contribution in [2.24, 2.45) is 5.92 Å². The number of nitrogens with two attached hydrogens (primary N) is 2. The maximum absolute atomic E-state index is 13.1. The number of carbonyl (C=O) groups excluding carboxylic acids is 2. The van der Waals surface area contributed by atoms with Crippen molar-refractivity contribution >= 4 is 45.8 Å². The van der Waals surface area contributed by atoms with Crippen molar-refractivity contribution in [3.05, 3.63) is 59.4 Å². The van der Waals surface area contributed by atoms with Crippen LogP contribution in [0.15, 0.2) is 47.1 Å². The van der Waals surface area contributed by atoms with Gasteiger partial charge in [0, 0.05) is 37.2 Å². The molecule has 0 saturated carbocycles. The molecule has 5 aromatic rings. The lowest BCUT2D eigenvalue weighted by molar-refractivity contribution is -0.133. The molecule has 278 valence electrons. The van der Waals surface area contributed by atoms with E-state index >= 15 is 0 Å². The lowest BCUT2D eigenvalue weighted by atomic mass is 9.93. The van der Waals surface area contributed by atoms with E-state index in [0.717, 1.165) is 62.1 Å². The molecule has 0 unspecified atom stereocenters. The molecule has 3 aliphatic rings. The van der Waals surface area contributed by atoms with E-state index in [2.05, 4.69) is 48.7 Å². The van der Waals surface area contributed by atoms with Crippen LogP contribution in [-0.4, -0.2) is 105 Å². The minimum absolute atomic E-state index is 0.0728. The number of carbonyl (C=O) groups is 2. The van der Waals surface area contributed by atoms with Crippen LogP contribution in [0.2, 0.25) is 0 Å². The number of rotatable bonds is 11. The fraction of sp³-hybridized carbons (Fsp3) is 0.474. The van der Waals surface area contributed by atoms with Crippen molar-refractivity contribution in [1.29, 1.82) is 0 Å². The largest absolute Gasteiger partial charge is 0.424 e. The molecule has 2 fully saturated rings. The minimum Gasteiger partial charge on any atom is -0.424 e. The number of benzene rings is 2. The van der Waals surface area contributed by atoms with Crippen LogP contribution in [-0.2, 0) is 33.8 Å². The standard InChI is InChI=1S/C38H47N11O4/c39-35-33-34(27-3-4-31-30(20-27)45-38(40)53-31)46-49(36(33)44-23-43-35)21-24-1-2-28-22-48(16-9-26(28)19-24)32(50)10-17-52-18-13-42-37(51)25-7-14-47(15-8-25)29-5-11-41-12-6-29/h1-4,19-20,23,25,29,41H,5-18,21-22H2,(H2,40,45)(H,42,51)(H2,39,43,44). The molecule has 0 spiro atoms. The molecule has 15 heteroatoms. The second kappa shape index (κ2) is 15.5. The number of likely N-dealkylation sites (tertiary alicyclic amines) is 1. The molecule has 0 radical (unpaired) electrons. The van der Waals surface area contributed by atoms with Crippen molar-refractivity contribution in [3.8, 4) is 11.3 Å². The average Bonchev–Trinajstić information content (AvgIpc) is 3.75. The normalized spacial score (nSPS) is 17.4. The molecule has 53 heavy (non-hydrogen) atoms. The Kier molecular flexibility index (Phi) is 10.2. The van der Waals surface area contributed by atoms with Crippen molar-refractivity contribution in [2.75, 3.05) is 63.9 Å². The number of aromatic nitrogens is 5. The highest BCUT2D eigenvalue weighted by Gasteiger charge is 2.29. The summed E-state index contributed by atoms with van der Waals surface area (Å²) < 4.78 is 13.0. The highest BCUT2D eigenvalue weighted by Crippen LogP contribution is 2.33. The molecule has 2 saturated heterocycles. The number of nitrogens with zero attached hydrogens (tertiary/aromatic N) is 7. The summed E-state index contributed by atoms with van der Waals surface area (Å²) in [4.78, 5) is 43.3. The van der Waals surface area contributed by atoms with E-state index in [1.54, 1.807) is 0 Å². The van der Waals surface area contributed by atoms with Crippen LogP contribution in [0.1, 0.15) is 48.8 Å². The topological polar surface area (TPSA) is 196 Å². The highest BCUT2D eigenvalue weighted by molar-refractivity contribution is 5.99. The first kappa shape index (κ1) is 34.9. The van der Waals surface area contributed by atoms with E-state index in [9.17, 15) is 9.59 Å². The van der Waals surface area contributed by atoms with Crippen LogP contribution in [0.4, 0.5) is 11.8 Å². The third-order valence-corrected chi connectivity index (χ3v) is 10.9. The lowest BCUT2D eigenvalue weighted by Crippen LogP contribution is -2.48. The molecule has 15 nitrogen and oxygen atoms in total. The van der Waals surface area contributed by atoms with Crippen LogP contribution in [0.25, 0.3) is 33.4 Å². The molecule has 8 rings (SSSR count). The number of anilines is 2. The average molecular weight is 722 g/mol. The number of hydrogen-bond donors (Lipinski definition) is 4. The smallest absolute Gasteiger partial charge is 0.292 e. The van der Waals surface area contributed by atoms with Gasteiger partial charge in [-0.05, 0) is 93.2 Å². The minimum atomic E-state index is 0.0728. The summed E-state index contributed by atoms with van der Waals surface area (Å²) in [5.74, 6) is 0.619. The molecule has 0 aliphatic carbocycles. The maximum Gasteiger partial charge on any atom is 0.292 e. The first-order valence-corrected chi connectivity index (χ1v) is 18.7. The number of oxazole rings is 1. The van der Waals surface area contributed by atoms with Gasteiger partial charge in [0.15, 0.2) is 11.2 Å². The molecule has 6 N–H and O–H groups in total. The third kappa shape index (κ3) is 7.68. The first-order valence-electron chi connectivity index (χ1n) is 18.7. The molecule has 3 aliphatic heterocycles. The van der Waals surface area contributed by atoms with Crippen LogP contribution in [0, 0.1) is 5.92 Å². The molecule has 6 heterocycles. The monoisotopic (exact) mass is 721 g/mol. The Hall–Kier alpha value is -5.12. The summed E-state index contributed by atoms with van der Waals surface area (Å²) >= 11 is 0. The van der Waals surface area contributed by atoms with Gasteiger partial charge in [-0.15, -0.1) is 0 Å². The Morgan fingerprint density at radius 1 is 0.981 bits per heavy atom. The number of hydrogen-bond acceptors (Lipinski definition) is 12. The summed E-state index contributed by atoms with van der Waals surface area (Å²) in [6.07, 6.45) is 6.76. The van der Waals surface area contributed by atoms with Crippen LogP contribution >= 0.6 is 0 Å². The summed E-state index contributed by atoms with van der Waals surface area (Å²) in [5, 5.41) is 12.1. The summed E-state index contributed by atoms with van der Waals surface area (Å²) in [6.45, 7) is 7.08. The highest BCUT2D eigenvalue weighted by atomic mass is 16.5. The quantitative estimate of drug-likeness (QED) is 0.146. The number of nitrogens with one attached hydrogen (secondary N) is 2. The third-order valence-electron chi connectivity index (χ3n) is 10.9. The number of ether oxygens (including phenoxy) is 1. The van der Waals surface area contributed by atoms with Gasteiger partial charge in [-0.2, -0.15) is 10.1 Å². The van der Waals surface area contributed by atoms with Crippen LogP contribution < -0.4 is 22.1 Å². The second-order valence-corrected chi connectivity index (χ2v) is 14.3. The van der Waals surface area contributed by atoms with Gasteiger partial charge < -0.3 is 41.1 Å². The van der Waals surface area contributed by atoms with E-state index in [1.165, 1.54) is 24.7 Å². The Bertz CT molecular complexity index is 2100. The number of fused-ring (bicyclic) bond motifs is 3. The lowest BCUT2D eigenvalue weighted by Gasteiger charge is -2.39. The molecule has 0 atom stereocenters. The predicted molar refractivity (Wildman–Crippen MR) is 200 cm³/mol. The second-order valence-electron chi connectivity index (χ2n) is 14.3. The Morgan fingerprint density at radius 3 is 2.68 bits per heavy atom. The van der Waals surface area contributed by atoms with Gasteiger partial charge in [-0.25, -0.2) is 14.6 Å². The molecule has 2 amide bonds. The molecular weight excluding hydrogens is 674 g/mol. The van der Waals surface area contributed by atoms with Gasteiger partial charge >= 0.3 is 0 Å². The fourth-order valence-electron chi connectivity index (χ4n) is 8.03. The van der Waals surface area contributed by atoms with Gasteiger partial charge in [0.05, 0.1) is 31.6 Å². The van der Waals surface area contributed by atoms with Gasteiger partial charge in [0.2, 0.25) is 11.8 Å². The van der Waals surface area contributed by atoms with Gasteiger partial charge in [0.1, 0.15) is 23.4 Å². The van der Waals surface area contributed by atoms with Crippen molar-refractivity contribution in [2.45, 2.75) is 57.7 Å². The summed E-state index contributed by atoms with van der Waals surface area (Å²) in [6, 6.07) is 12.7. The van der Waals surface area contributed by atoms with Crippen LogP contribution in [0.5, 0.6) is 0 Å². The van der Waals surface area contributed by atoms with E-state index in [0.29, 0.717) is 85.5 Å². The maximum atomic E-state index is 13.1. The van der Waals surface area contributed by atoms with E-state index in [1.807, 2.05) is 27.8 Å². The molecular formula is C38H47N11O4. The zero-order chi connectivity index (χ0) is 36.3. The SMILES string of the molecule is Nc1nc2cc(-c3nn(Cc4ccc5c(c4)CCN(C(=O)CCOCCNC(=O)C4CCN(C6CCNCC6)CC4)C5)c4ncnc(N)c34)ccc2o1.